The lowest BCUT2D eigenvalue weighted by Gasteiger charge is -2.31. The lowest BCUT2D eigenvalue weighted by Crippen LogP contribution is -2.41. The molecular weight excluding hydrogens is 414 g/mol. The van der Waals surface area contributed by atoms with Crippen molar-refractivity contribution in [2.45, 2.75) is 0 Å². The molecule has 4 nitrogen and oxygen atoms in total. The number of hydrogen-bond acceptors (Lipinski definition) is 4. The maximum atomic E-state index is 6.15. The molecule has 1 aliphatic rings. The first-order chi connectivity index (χ1) is 12.5. The minimum absolute atomic E-state index is 0.584. The van der Waals surface area contributed by atoms with Gasteiger partial charge >= 0.3 is 0 Å². The van der Waals surface area contributed by atoms with E-state index in [2.05, 4.69) is 10.2 Å². The first-order valence-corrected chi connectivity index (χ1v) is 9.51. The Balaban J connectivity index is 1.58. The van der Waals surface area contributed by atoms with E-state index in [0.29, 0.717) is 20.1 Å². The maximum absolute atomic E-state index is 6.15. The van der Waals surface area contributed by atoms with E-state index in [0.717, 1.165) is 37.3 Å². The highest BCUT2D eigenvalue weighted by atomic mass is 35.5. The smallest absolute Gasteiger partial charge is 0.0572 e. The van der Waals surface area contributed by atoms with Gasteiger partial charge in [-0.15, -0.1) is 0 Å². The molecule has 2 aromatic rings. The van der Waals surface area contributed by atoms with Gasteiger partial charge in [0.25, 0.3) is 0 Å². The zero-order chi connectivity index (χ0) is 18.5. The third kappa shape index (κ3) is 4.83. The molecular formula is C18H16Cl4N4. The molecule has 0 unspecified atom stereocenters. The fourth-order valence-corrected chi connectivity index (χ4v) is 3.45. The second-order valence-electron chi connectivity index (χ2n) is 5.67. The van der Waals surface area contributed by atoms with Gasteiger partial charge in [-0.3, -0.25) is 10.0 Å². The third-order valence-electron chi connectivity index (χ3n) is 3.93. The van der Waals surface area contributed by atoms with Gasteiger partial charge in [0, 0.05) is 11.1 Å². The monoisotopic (exact) mass is 428 g/mol. The van der Waals surface area contributed by atoms with Crippen LogP contribution in [-0.4, -0.2) is 48.6 Å². The number of rotatable bonds is 4. The van der Waals surface area contributed by atoms with Crippen LogP contribution in [-0.2, 0) is 0 Å². The van der Waals surface area contributed by atoms with Crippen LogP contribution in [0.3, 0.4) is 0 Å². The lowest BCUT2D eigenvalue weighted by atomic mass is 10.2. The summed E-state index contributed by atoms with van der Waals surface area (Å²) in [4.78, 5) is 0. The minimum Gasteiger partial charge on any atom is -0.293 e. The van der Waals surface area contributed by atoms with Crippen molar-refractivity contribution >= 4 is 58.8 Å². The van der Waals surface area contributed by atoms with Crippen LogP contribution in [0.5, 0.6) is 0 Å². The van der Waals surface area contributed by atoms with Crippen LogP contribution in [0.15, 0.2) is 46.6 Å². The van der Waals surface area contributed by atoms with Gasteiger partial charge in [0.2, 0.25) is 0 Å². The second-order valence-corrected chi connectivity index (χ2v) is 7.30. The molecule has 0 N–H and O–H groups in total. The Labute approximate surface area is 172 Å². The summed E-state index contributed by atoms with van der Waals surface area (Å²) in [7, 11) is 0. The van der Waals surface area contributed by atoms with Crippen LogP contribution in [0.4, 0.5) is 0 Å². The molecule has 1 heterocycles. The topological polar surface area (TPSA) is 31.2 Å². The Bertz CT molecular complexity index is 720. The molecule has 0 spiro atoms. The maximum Gasteiger partial charge on any atom is 0.0572 e. The molecule has 136 valence electrons. The molecule has 0 atom stereocenters. The normalized spacial score (nSPS) is 15.4. The molecule has 2 aromatic carbocycles. The lowest BCUT2D eigenvalue weighted by molar-refractivity contribution is 0.141. The summed E-state index contributed by atoms with van der Waals surface area (Å²) >= 11 is 24.6. The standard InChI is InChI=1S/C18H16Cl4N4/c19-15-3-1-4-16(20)13(15)11-23-25-7-9-26(10-8-25)24-12-14-17(21)5-2-6-18(14)22/h1-6,11-12H,7-10H2. The summed E-state index contributed by atoms with van der Waals surface area (Å²) in [5.41, 5.74) is 1.45. The first-order valence-electron chi connectivity index (χ1n) is 8.00. The SMILES string of the molecule is Clc1cccc(Cl)c1C=NN1CCN(N=Cc2c(Cl)cccc2Cl)CC1. The van der Waals surface area contributed by atoms with Crippen LogP contribution < -0.4 is 0 Å². The number of nitrogens with zero attached hydrogens (tertiary/aromatic N) is 4. The van der Waals surface area contributed by atoms with E-state index in [1.165, 1.54) is 0 Å². The minimum atomic E-state index is 0.584. The molecule has 1 fully saturated rings. The van der Waals surface area contributed by atoms with Crippen LogP contribution in [0.25, 0.3) is 0 Å². The van der Waals surface area contributed by atoms with E-state index in [4.69, 9.17) is 46.4 Å². The Kier molecular flexibility index (Phi) is 6.65. The highest BCUT2D eigenvalue weighted by molar-refractivity contribution is 6.39. The van der Waals surface area contributed by atoms with Crippen molar-refractivity contribution < 1.29 is 0 Å². The average Bonchev–Trinajstić information content (AvgIpc) is 2.62. The molecule has 8 heteroatoms. The van der Waals surface area contributed by atoms with Crippen molar-refractivity contribution in [1.82, 2.24) is 10.0 Å². The number of piperazine rings is 1. The molecule has 0 aromatic heterocycles. The molecule has 0 saturated carbocycles. The molecule has 0 amide bonds. The van der Waals surface area contributed by atoms with E-state index in [1.54, 1.807) is 36.7 Å². The van der Waals surface area contributed by atoms with Crippen molar-refractivity contribution in [3.05, 3.63) is 67.6 Å². The fraction of sp³-hybridized carbons (Fsp3) is 0.222. The van der Waals surface area contributed by atoms with Gasteiger partial charge in [-0.1, -0.05) is 58.5 Å². The van der Waals surface area contributed by atoms with Crippen LogP contribution >= 0.6 is 46.4 Å². The van der Waals surface area contributed by atoms with Crippen molar-refractivity contribution in [3.63, 3.8) is 0 Å². The molecule has 0 bridgehead atoms. The van der Waals surface area contributed by atoms with Crippen molar-refractivity contribution in [2.75, 3.05) is 26.2 Å². The van der Waals surface area contributed by atoms with E-state index in [1.807, 2.05) is 22.2 Å². The van der Waals surface area contributed by atoms with Gasteiger partial charge in [0.15, 0.2) is 0 Å². The number of hydrazone groups is 2. The number of halogens is 4. The molecule has 0 radical (unpaired) electrons. The molecule has 1 aliphatic heterocycles. The van der Waals surface area contributed by atoms with Crippen molar-refractivity contribution in [3.8, 4) is 0 Å². The molecule has 3 rings (SSSR count). The summed E-state index contributed by atoms with van der Waals surface area (Å²) in [6.45, 7) is 2.97. The number of benzene rings is 2. The predicted molar refractivity (Wildman–Crippen MR) is 111 cm³/mol. The highest BCUT2D eigenvalue weighted by Gasteiger charge is 2.14. The van der Waals surface area contributed by atoms with Gasteiger partial charge < -0.3 is 0 Å². The van der Waals surface area contributed by atoms with Gasteiger partial charge in [0.05, 0.1) is 58.7 Å². The van der Waals surface area contributed by atoms with Crippen LogP contribution in [0, 0.1) is 0 Å². The fourth-order valence-electron chi connectivity index (χ4n) is 2.46. The Morgan fingerprint density at radius 2 is 0.923 bits per heavy atom. The highest BCUT2D eigenvalue weighted by Crippen LogP contribution is 2.23. The van der Waals surface area contributed by atoms with Crippen molar-refractivity contribution in [2.24, 2.45) is 10.2 Å². The summed E-state index contributed by atoms with van der Waals surface area (Å²) in [5, 5.41) is 15.2. The first kappa shape index (κ1) is 19.3. The quantitative estimate of drug-likeness (QED) is 0.618. The largest absolute Gasteiger partial charge is 0.293 e. The van der Waals surface area contributed by atoms with E-state index >= 15 is 0 Å². The Morgan fingerprint density at radius 1 is 0.615 bits per heavy atom. The van der Waals surface area contributed by atoms with E-state index < -0.39 is 0 Å². The van der Waals surface area contributed by atoms with Gasteiger partial charge in [0.1, 0.15) is 0 Å². The number of hydrogen-bond donors (Lipinski definition) is 0. The van der Waals surface area contributed by atoms with E-state index in [9.17, 15) is 0 Å². The summed E-state index contributed by atoms with van der Waals surface area (Å²) < 4.78 is 0. The van der Waals surface area contributed by atoms with Gasteiger partial charge in [-0.05, 0) is 24.3 Å². The zero-order valence-corrected chi connectivity index (χ0v) is 16.8. The molecule has 1 saturated heterocycles. The third-order valence-corrected chi connectivity index (χ3v) is 5.25. The van der Waals surface area contributed by atoms with Gasteiger partial charge in [-0.2, -0.15) is 10.2 Å². The van der Waals surface area contributed by atoms with Crippen LogP contribution in [0.2, 0.25) is 20.1 Å². The van der Waals surface area contributed by atoms with Crippen molar-refractivity contribution in [1.29, 1.82) is 0 Å². The summed E-state index contributed by atoms with van der Waals surface area (Å²) in [6, 6.07) is 10.8. The van der Waals surface area contributed by atoms with Gasteiger partial charge in [-0.25, -0.2) is 0 Å². The predicted octanol–water partition coefficient (Wildman–Crippen LogP) is 5.29. The average molecular weight is 430 g/mol. The Hall–Kier alpha value is -1.46. The second kappa shape index (κ2) is 8.96. The molecule has 0 aliphatic carbocycles. The zero-order valence-electron chi connectivity index (χ0n) is 13.7. The Morgan fingerprint density at radius 3 is 1.23 bits per heavy atom. The summed E-state index contributed by atoms with van der Waals surface area (Å²) in [5.74, 6) is 0. The summed E-state index contributed by atoms with van der Waals surface area (Å²) in [6.07, 6.45) is 3.40. The van der Waals surface area contributed by atoms with Crippen LogP contribution in [0.1, 0.15) is 11.1 Å². The molecule has 26 heavy (non-hydrogen) atoms. The van der Waals surface area contributed by atoms with E-state index in [-0.39, 0.29) is 0 Å².